The Kier molecular flexibility index (Phi) is 5.87. The van der Waals surface area contributed by atoms with Gasteiger partial charge in [0, 0.05) is 11.8 Å². The first-order valence-electron chi connectivity index (χ1n) is 8.18. The first-order chi connectivity index (χ1) is 13.4. The molecule has 0 spiro atoms. The molecule has 28 heavy (non-hydrogen) atoms. The van der Waals surface area contributed by atoms with E-state index in [4.69, 9.17) is 16.3 Å². The SMILES string of the molecule is COc1ccccc1NS(=O)(=O)c1cc(N=Cc2ccccc2O)ccc1Cl. The normalized spacial score (nSPS) is 11.5. The lowest BCUT2D eigenvalue weighted by molar-refractivity contribution is 0.417. The monoisotopic (exact) mass is 416 g/mol. The number of aromatic hydroxyl groups is 1. The lowest BCUT2D eigenvalue weighted by atomic mass is 10.2. The van der Waals surface area contributed by atoms with Gasteiger partial charge in [0.25, 0.3) is 10.0 Å². The number of benzene rings is 3. The average Bonchev–Trinajstić information content (AvgIpc) is 2.68. The second-order valence-electron chi connectivity index (χ2n) is 5.74. The minimum absolute atomic E-state index is 0.0592. The molecule has 0 heterocycles. The number of anilines is 1. The van der Waals surface area contributed by atoms with Crippen molar-refractivity contribution < 1.29 is 18.3 Å². The van der Waals surface area contributed by atoms with Crippen LogP contribution in [-0.4, -0.2) is 26.8 Å². The Labute approximate surface area is 168 Å². The standard InChI is InChI=1S/C20H17ClN2O4S/c1-27-19-9-5-3-7-17(19)23-28(25,26)20-12-15(10-11-16(20)21)22-13-14-6-2-4-8-18(14)24/h2-13,23-24H,1H3. The first-order valence-corrected chi connectivity index (χ1v) is 10.0. The third-order valence-electron chi connectivity index (χ3n) is 3.85. The smallest absolute Gasteiger partial charge is 0.263 e. The fraction of sp³-hybridized carbons (Fsp3) is 0.0500. The van der Waals surface area contributed by atoms with E-state index >= 15 is 0 Å². The average molecular weight is 417 g/mol. The van der Waals surface area contributed by atoms with E-state index in [1.165, 1.54) is 31.5 Å². The van der Waals surface area contributed by atoms with Crippen molar-refractivity contribution in [3.63, 3.8) is 0 Å². The Morgan fingerprint density at radius 2 is 1.79 bits per heavy atom. The number of phenolic OH excluding ortho intramolecular Hbond substituents is 1. The van der Waals surface area contributed by atoms with Gasteiger partial charge in [-0.25, -0.2) is 8.42 Å². The van der Waals surface area contributed by atoms with Crippen LogP contribution in [0.3, 0.4) is 0 Å². The number of sulfonamides is 1. The summed E-state index contributed by atoms with van der Waals surface area (Å²) in [5.41, 5.74) is 1.17. The molecule has 3 aromatic rings. The molecule has 0 amide bonds. The number of para-hydroxylation sites is 3. The van der Waals surface area contributed by atoms with Crippen molar-refractivity contribution in [1.82, 2.24) is 0 Å². The van der Waals surface area contributed by atoms with Crippen LogP contribution in [0.15, 0.2) is 76.6 Å². The zero-order valence-electron chi connectivity index (χ0n) is 14.8. The molecule has 0 aromatic heterocycles. The predicted molar refractivity (Wildman–Crippen MR) is 111 cm³/mol. The summed E-state index contributed by atoms with van der Waals surface area (Å²) >= 11 is 6.12. The van der Waals surface area contributed by atoms with Crippen LogP contribution in [0.25, 0.3) is 0 Å². The van der Waals surface area contributed by atoms with Crippen molar-refractivity contribution in [1.29, 1.82) is 0 Å². The highest BCUT2D eigenvalue weighted by atomic mass is 35.5. The molecule has 144 valence electrons. The highest BCUT2D eigenvalue weighted by Gasteiger charge is 2.20. The van der Waals surface area contributed by atoms with Gasteiger partial charge >= 0.3 is 0 Å². The Hall–Kier alpha value is -3.03. The molecule has 0 aliphatic heterocycles. The highest BCUT2D eigenvalue weighted by molar-refractivity contribution is 7.92. The quantitative estimate of drug-likeness (QED) is 0.574. The third kappa shape index (κ3) is 4.44. The molecule has 8 heteroatoms. The van der Waals surface area contributed by atoms with Crippen molar-refractivity contribution in [3.05, 3.63) is 77.3 Å². The largest absolute Gasteiger partial charge is 0.507 e. The van der Waals surface area contributed by atoms with Crippen LogP contribution in [0.4, 0.5) is 11.4 Å². The molecule has 0 radical (unpaired) electrons. The molecule has 0 fully saturated rings. The van der Waals surface area contributed by atoms with Crippen LogP contribution in [-0.2, 0) is 10.0 Å². The van der Waals surface area contributed by atoms with Gasteiger partial charge in [-0.1, -0.05) is 35.9 Å². The van der Waals surface area contributed by atoms with Crippen molar-refractivity contribution in [2.45, 2.75) is 4.90 Å². The number of halogens is 1. The molecule has 0 saturated heterocycles. The van der Waals surface area contributed by atoms with Crippen molar-refractivity contribution in [3.8, 4) is 11.5 Å². The summed E-state index contributed by atoms with van der Waals surface area (Å²) in [6.45, 7) is 0. The van der Waals surface area contributed by atoms with Crippen molar-refractivity contribution in [2.75, 3.05) is 11.8 Å². The van der Waals surface area contributed by atoms with Crippen molar-refractivity contribution in [2.24, 2.45) is 4.99 Å². The molecule has 6 nitrogen and oxygen atoms in total. The Balaban J connectivity index is 1.93. The van der Waals surface area contributed by atoms with Gasteiger partial charge in [0.05, 0.1) is 23.5 Å². The maximum absolute atomic E-state index is 12.8. The summed E-state index contributed by atoms with van der Waals surface area (Å²) in [6, 6.07) is 17.7. The minimum atomic E-state index is -3.98. The fourth-order valence-corrected chi connectivity index (χ4v) is 4.04. The van der Waals surface area contributed by atoms with E-state index in [0.717, 1.165) is 0 Å². The molecule has 3 rings (SSSR count). The molecule has 0 unspecified atom stereocenters. The molecule has 0 bridgehead atoms. The van der Waals surface area contributed by atoms with E-state index in [-0.39, 0.29) is 15.7 Å². The van der Waals surface area contributed by atoms with E-state index in [1.54, 1.807) is 48.5 Å². The Morgan fingerprint density at radius 3 is 2.54 bits per heavy atom. The maximum Gasteiger partial charge on any atom is 0.263 e. The number of phenols is 1. The zero-order valence-corrected chi connectivity index (χ0v) is 16.4. The van der Waals surface area contributed by atoms with E-state index in [9.17, 15) is 13.5 Å². The summed E-state index contributed by atoms with van der Waals surface area (Å²) < 4.78 is 33.3. The molecule has 2 N–H and O–H groups in total. The van der Waals surface area contributed by atoms with Crippen LogP contribution in [0.2, 0.25) is 5.02 Å². The lowest BCUT2D eigenvalue weighted by Crippen LogP contribution is -2.14. The summed E-state index contributed by atoms with van der Waals surface area (Å²) in [5, 5.41) is 9.86. The molecule has 0 saturated carbocycles. The van der Waals surface area contributed by atoms with Gasteiger partial charge in [-0.05, 0) is 42.5 Å². The van der Waals surface area contributed by atoms with Gasteiger partial charge in [-0.2, -0.15) is 0 Å². The summed E-state index contributed by atoms with van der Waals surface area (Å²) in [5.74, 6) is 0.460. The number of nitrogens with zero attached hydrogens (tertiary/aromatic N) is 1. The predicted octanol–water partition coefficient (Wildman–Crippen LogP) is 4.61. The second-order valence-corrected chi connectivity index (χ2v) is 7.80. The lowest BCUT2D eigenvalue weighted by Gasteiger charge is -2.12. The number of rotatable bonds is 6. The van der Waals surface area contributed by atoms with E-state index in [2.05, 4.69) is 9.71 Å². The number of hydrogen-bond acceptors (Lipinski definition) is 5. The second kappa shape index (κ2) is 8.33. The van der Waals surface area contributed by atoms with Crippen LogP contribution >= 0.6 is 11.6 Å². The van der Waals surface area contributed by atoms with Gasteiger partial charge in [0.1, 0.15) is 16.4 Å². The van der Waals surface area contributed by atoms with Crippen LogP contribution in [0.1, 0.15) is 5.56 Å². The molecule has 0 aliphatic carbocycles. The minimum Gasteiger partial charge on any atom is -0.507 e. The van der Waals surface area contributed by atoms with Gasteiger partial charge < -0.3 is 9.84 Å². The van der Waals surface area contributed by atoms with E-state index in [1.807, 2.05) is 0 Å². The van der Waals surface area contributed by atoms with Crippen LogP contribution < -0.4 is 9.46 Å². The Morgan fingerprint density at radius 1 is 1.07 bits per heavy atom. The topological polar surface area (TPSA) is 88.0 Å². The number of nitrogens with one attached hydrogen (secondary N) is 1. The summed E-state index contributed by atoms with van der Waals surface area (Å²) in [7, 11) is -2.52. The molecule has 0 atom stereocenters. The molecule has 0 aliphatic rings. The van der Waals surface area contributed by atoms with E-state index in [0.29, 0.717) is 22.7 Å². The van der Waals surface area contributed by atoms with Crippen LogP contribution in [0.5, 0.6) is 11.5 Å². The fourth-order valence-electron chi connectivity index (χ4n) is 2.45. The number of methoxy groups -OCH3 is 1. The van der Waals surface area contributed by atoms with Gasteiger partial charge in [0.15, 0.2) is 0 Å². The van der Waals surface area contributed by atoms with Gasteiger partial charge in [-0.3, -0.25) is 9.71 Å². The first kappa shape index (κ1) is 19.7. The highest BCUT2D eigenvalue weighted by Crippen LogP contribution is 2.31. The van der Waals surface area contributed by atoms with Gasteiger partial charge in [0.2, 0.25) is 0 Å². The van der Waals surface area contributed by atoms with E-state index < -0.39 is 10.0 Å². The molecular formula is C20H17ClN2O4S. The number of ether oxygens (including phenoxy) is 1. The zero-order chi connectivity index (χ0) is 20.1. The molecule has 3 aromatic carbocycles. The number of hydrogen-bond donors (Lipinski definition) is 2. The Bertz CT molecular complexity index is 1130. The van der Waals surface area contributed by atoms with Gasteiger partial charge in [-0.15, -0.1) is 0 Å². The number of aliphatic imine (C=N–C) groups is 1. The third-order valence-corrected chi connectivity index (χ3v) is 5.69. The molecular weight excluding hydrogens is 400 g/mol. The van der Waals surface area contributed by atoms with Crippen molar-refractivity contribution >= 4 is 39.2 Å². The maximum atomic E-state index is 12.8. The van der Waals surface area contributed by atoms with Crippen LogP contribution in [0, 0.1) is 0 Å². The summed E-state index contributed by atoms with van der Waals surface area (Å²) in [4.78, 5) is 4.11. The summed E-state index contributed by atoms with van der Waals surface area (Å²) in [6.07, 6.45) is 1.45.